The minimum Gasteiger partial charge on any atom is -0.386 e. The lowest BCUT2D eigenvalue weighted by atomic mass is 9.86. The molecular formula is C20H28O2. The van der Waals surface area contributed by atoms with Gasteiger partial charge in [-0.05, 0) is 56.9 Å². The maximum Gasteiger partial charge on any atom is 0.133 e. The first-order valence-corrected chi connectivity index (χ1v) is 8.52. The smallest absolute Gasteiger partial charge is 0.133 e. The first-order valence-electron chi connectivity index (χ1n) is 8.52. The van der Waals surface area contributed by atoms with E-state index in [9.17, 15) is 9.90 Å². The zero-order valence-electron chi connectivity index (χ0n) is 13.6. The van der Waals surface area contributed by atoms with Gasteiger partial charge in [0.15, 0.2) is 0 Å². The van der Waals surface area contributed by atoms with Crippen LogP contribution in [0.1, 0.15) is 57.4 Å². The Kier molecular flexibility index (Phi) is 6.38. The Labute approximate surface area is 134 Å². The van der Waals surface area contributed by atoms with Crippen LogP contribution in [0.5, 0.6) is 0 Å². The maximum absolute atomic E-state index is 11.4. The number of carbonyl (C=O) groups excluding carboxylic acids is 1. The van der Waals surface area contributed by atoms with Crippen LogP contribution in [0.4, 0.5) is 0 Å². The number of allylic oxidation sites excluding steroid dienone is 1. The Morgan fingerprint density at radius 1 is 1.27 bits per heavy atom. The van der Waals surface area contributed by atoms with E-state index in [1.54, 1.807) is 0 Å². The molecule has 0 aliphatic heterocycles. The molecule has 1 saturated carbocycles. The summed E-state index contributed by atoms with van der Waals surface area (Å²) in [4.78, 5) is 11.4. The van der Waals surface area contributed by atoms with Crippen LogP contribution in [-0.4, -0.2) is 16.5 Å². The van der Waals surface area contributed by atoms with Crippen LogP contribution < -0.4 is 0 Å². The molecule has 120 valence electrons. The summed E-state index contributed by atoms with van der Waals surface area (Å²) >= 11 is 0. The summed E-state index contributed by atoms with van der Waals surface area (Å²) < 4.78 is 0. The van der Waals surface area contributed by atoms with Crippen LogP contribution in [0.3, 0.4) is 0 Å². The van der Waals surface area contributed by atoms with Crippen molar-refractivity contribution in [3.05, 3.63) is 48.0 Å². The normalized spacial score (nSPS) is 21.9. The van der Waals surface area contributed by atoms with E-state index in [0.717, 1.165) is 44.9 Å². The third-order valence-corrected chi connectivity index (χ3v) is 4.49. The van der Waals surface area contributed by atoms with E-state index < -0.39 is 5.60 Å². The van der Waals surface area contributed by atoms with Gasteiger partial charge in [0.25, 0.3) is 0 Å². The van der Waals surface area contributed by atoms with Crippen LogP contribution in [0.2, 0.25) is 0 Å². The second-order valence-corrected chi connectivity index (χ2v) is 6.80. The SMILES string of the molecule is C[C@@](O)(/C=C/[C@H]1CCCC(=O)C1)CCCCc1ccccc1. The third kappa shape index (κ3) is 6.15. The van der Waals surface area contributed by atoms with E-state index in [0.29, 0.717) is 18.1 Å². The van der Waals surface area contributed by atoms with Crippen molar-refractivity contribution < 1.29 is 9.90 Å². The molecule has 0 spiro atoms. The topological polar surface area (TPSA) is 37.3 Å². The van der Waals surface area contributed by atoms with Crippen molar-refractivity contribution in [3.63, 3.8) is 0 Å². The molecule has 2 nitrogen and oxygen atoms in total. The lowest BCUT2D eigenvalue weighted by Crippen LogP contribution is -2.21. The van der Waals surface area contributed by atoms with Gasteiger partial charge in [-0.1, -0.05) is 42.5 Å². The van der Waals surface area contributed by atoms with Crippen molar-refractivity contribution >= 4 is 5.78 Å². The third-order valence-electron chi connectivity index (χ3n) is 4.49. The molecule has 1 aromatic rings. The molecule has 1 aliphatic carbocycles. The average Bonchev–Trinajstić information content (AvgIpc) is 2.51. The summed E-state index contributed by atoms with van der Waals surface area (Å²) in [6, 6.07) is 10.5. The molecule has 0 saturated heterocycles. The average molecular weight is 300 g/mol. The van der Waals surface area contributed by atoms with Crippen LogP contribution in [-0.2, 0) is 11.2 Å². The van der Waals surface area contributed by atoms with E-state index in [1.807, 2.05) is 19.1 Å². The fourth-order valence-electron chi connectivity index (χ4n) is 3.11. The highest BCUT2D eigenvalue weighted by Gasteiger charge is 2.20. The Morgan fingerprint density at radius 3 is 2.77 bits per heavy atom. The van der Waals surface area contributed by atoms with Gasteiger partial charge in [-0.15, -0.1) is 0 Å². The fourth-order valence-corrected chi connectivity index (χ4v) is 3.11. The molecule has 0 radical (unpaired) electrons. The summed E-state index contributed by atoms with van der Waals surface area (Å²) in [5.74, 6) is 0.695. The van der Waals surface area contributed by atoms with E-state index in [2.05, 4.69) is 30.3 Å². The van der Waals surface area contributed by atoms with Crippen molar-refractivity contribution in [3.8, 4) is 0 Å². The summed E-state index contributed by atoms with van der Waals surface area (Å²) in [5, 5.41) is 10.4. The van der Waals surface area contributed by atoms with Gasteiger partial charge in [0.05, 0.1) is 5.60 Å². The Morgan fingerprint density at radius 2 is 2.05 bits per heavy atom. The number of benzene rings is 1. The zero-order chi connectivity index (χ0) is 15.8. The lowest BCUT2D eigenvalue weighted by Gasteiger charge is -2.22. The quantitative estimate of drug-likeness (QED) is 0.596. The predicted molar refractivity (Wildman–Crippen MR) is 90.7 cm³/mol. The van der Waals surface area contributed by atoms with Crippen molar-refractivity contribution in [1.29, 1.82) is 0 Å². The zero-order valence-corrected chi connectivity index (χ0v) is 13.6. The second-order valence-electron chi connectivity index (χ2n) is 6.80. The van der Waals surface area contributed by atoms with Gasteiger partial charge in [0, 0.05) is 12.8 Å². The molecule has 1 fully saturated rings. The molecule has 2 rings (SSSR count). The predicted octanol–water partition coefficient (Wildman–Crippen LogP) is 4.47. The molecular weight excluding hydrogens is 272 g/mol. The van der Waals surface area contributed by atoms with Crippen molar-refractivity contribution in [2.45, 2.75) is 63.9 Å². The Bertz CT molecular complexity index is 488. The van der Waals surface area contributed by atoms with Gasteiger partial charge in [-0.3, -0.25) is 4.79 Å². The minimum absolute atomic E-state index is 0.331. The number of Topliss-reactive ketones (excluding diaryl/α,β-unsaturated/α-hetero) is 1. The highest BCUT2D eigenvalue weighted by Crippen LogP contribution is 2.24. The van der Waals surface area contributed by atoms with Crippen LogP contribution in [0.15, 0.2) is 42.5 Å². The fraction of sp³-hybridized carbons (Fsp3) is 0.550. The van der Waals surface area contributed by atoms with Gasteiger partial charge in [0.1, 0.15) is 5.78 Å². The van der Waals surface area contributed by atoms with Gasteiger partial charge in [-0.2, -0.15) is 0 Å². The van der Waals surface area contributed by atoms with E-state index in [-0.39, 0.29) is 0 Å². The number of unbranched alkanes of at least 4 members (excludes halogenated alkanes) is 1. The summed E-state index contributed by atoms with van der Waals surface area (Å²) in [7, 11) is 0. The van der Waals surface area contributed by atoms with Crippen LogP contribution >= 0.6 is 0 Å². The van der Waals surface area contributed by atoms with Crippen molar-refractivity contribution in [2.75, 3.05) is 0 Å². The number of aliphatic hydroxyl groups is 1. The molecule has 1 N–H and O–H groups in total. The molecule has 0 heterocycles. The van der Waals surface area contributed by atoms with E-state index in [1.165, 1.54) is 5.56 Å². The molecule has 0 amide bonds. The number of ketones is 1. The van der Waals surface area contributed by atoms with Crippen molar-refractivity contribution in [2.24, 2.45) is 5.92 Å². The molecule has 0 aromatic heterocycles. The number of hydrogen-bond donors (Lipinski definition) is 1. The lowest BCUT2D eigenvalue weighted by molar-refractivity contribution is -0.121. The van der Waals surface area contributed by atoms with E-state index in [4.69, 9.17) is 0 Å². The minimum atomic E-state index is -0.753. The van der Waals surface area contributed by atoms with Crippen LogP contribution in [0, 0.1) is 5.92 Å². The molecule has 2 heteroatoms. The highest BCUT2D eigenvalue weighted by atomic mass is 16.3. The van der Waals surface area contributed by atoms with Gasteiger partial charge < -0.3 is 5.11 Å². The summed E-state index contributed by atoms with van der Waals surface area (Å²) in [5.41, 5.74) is 0.607. The van der Waals surface area contributed by atoms with Gasteiger partial charge in [0.2, 0.25) is 0 Å². The van der Waals surface area contributed by atoms with Gasteiger partial charge >= 0.3 is 0 Å². The molecule has 0 bridgehead atoms. The maximum atomic E-state index is 11.4. The standard InChI is InChI=1S/C20H28O2/c1-20(22,15-13-18-11-7-12-19(21)16-18)14-6-5-10-17-8-3-2-4-9-17/h2-4,8-9,13,15,18,22H,5-7,10-12,14,16H2,1H3/b15-13+/t18-,20+/m1/s1. The molecule has 22 heavy (non-hydrogen) atoms. The summed E-state index contributed by atoms with van der Waals surface area (Å²) in [6.07, 6.45) is 11.4. The Hall–Kier alpha value is -1.41. The number of carbonyl (C=O) groups is 1. The second kappa shape index (κ2) is 8.28. The molecule has 2 atom stereocenters. The highest BCUT2D eigenvalue weighted by molar-refractivity contribution is 5.79. The number of rotatable bonds is 7. The largest absolute Gasteiger partial charge is 0.386 e. The summed E-state index contributed by atoms with van der Waals surface area (Å²) in [6.45, 7) is 1.87. The first-order chi connectivity index (χ1) is 10.6. The number of aryl methyl sites for hydroxylation is 1. The molecule has 1 aromatic carbocycles. The van der Waals surface area contributed by atoms with E-state index >= 15 is 0 Å². The number of hydrogen-bond acceptors (Lipinski definition) is 2. The monoisotopic (exact) mass is 300 g/mol. The first kappa shape index (κ1) is 17.0. The molecule has 0 unspecified atom stereocenters. The molecule has 1 aliphatic rings. The van der Waals surface area contributed by atoms with Crippen molar-refractivity contribution in [1.82, 2.24) is 0 Å². The van der Waals surface area contributed by atoms with Crippen LogP contribution in [0.25, 0.3) is 0 Å². The van der Waals surface area contributed by atoms with Gasteiger partial charge in [-0.25, -0.2) is 0 Å². The Balaban J connectivity index is 1.70.